The molecule has 1 atom stereocenters. The van der Waals surface area contributed by atoms with Crippen LogP contribution >= 0.6 is 11.8 Å². The topological polar surface area (TPSA) is 86.7 Å². The molecule has 0 aliphatic carbocycles. The summed E-state index contributed by atoms with van der Waals surface area (Å²) in [5.41, 5.74) is 0. The van der Waals surface area contributed by atoms with Gasteiger partial charge in [0.25, 0.3) is 10.2 Å². The summed E-state index contributed by atoms with van der Waals surface area (Å²) in [6.45, 7) is 3.11. The van der Waals surface area contributed by atoms with Crippen molar-refractivity contribution < 1.29 is 18.3 Å². The third-order valence-electron chi connectivity index (χ3n) is 4.07. The predicted molar refractivity (Wildman–Crippen MR) is 79.0 cm³/mol. The quantitative estimate of drug-likeness (QED) is 0.785. The van der Waals surface area contributed by atoms with Crippen LogP contribution < -0.4 is 4.72 Å². The number of thioether (sulfide) groups is 1. The summed E-state index contributed by atoms with van der Waals surface area (Å²) in [6, 6.07) is 0. The molecule has 2 N–H and O–H groups in total. The Balaban J connectivity index is 1.86. The summed E-state index contributed by atoms with van der Waals surface area (Å²) in [7, 11) is -3.48. The average molecular weight is 322 g/mol. The molecule has 0 saturated carbocycles. The highest BCUT2D eigenvalue weighted by atomic mass is 32.2. The van der Waals surface area contributed by atoms with E-state index in [1.807, 2.05) is 11.8 Å². The van der Waals surface area contributed by atoms with E-state index in [9.17, 15) is 13.2 Å². The van der Waals surface area contributed by atoms with Crippen LogP contribution in [0.1, 0.15) is 32.6 Å². The molecular formula is C12H22N2O4S2. The largest absolute Gasteiger partial charge is 0.481 e. The SMILES string of the molecule is CC1(CNS(=O)(=O)N2CCC(C(=O)O)CC2)CCCS1. The van der Waals surface area contributed by atoms with Gasteiger partial charge in [0.15, 0.2) is 0 Å². The third-order valence-corrected chi connectivity index (χ3v) is 7.16. The number of nitrogens with one attached hydrogen (secondary N) is 1. The first-order valence-electron chi connectivity index (χ1n) is 6.94. The van der Waals surface area contributed by atoms with Gasteiger partial charge in [0.05, 0.1) is 5.92 Å². The second-order valence-corrected chi connectivity index (χ2v) is 9.18. The van der Waals surface area contributed by atoms with Gasteiger partial charge in [-0.05, 0) is 38.4 Å². The minimum absolute atomic E-state index is 0.00748. The fourth-order valence-electron chi connectivity index (χ4n) is 2.65. The maximum absolute atomic E-state index is 12.2. The molecule has 8 heteroatoms. The lowest BCUT2D eigenvalue weighted by Gasteiger charge is -2.31. The Morgan fingerprint density at radius 3 is 2.60 bits per heavy atom. The normalized spacial score (nSPS) is 29.6. The molecule has 6 nitrogen and oxygen atoms in total. The molecular weight excluding hydrogens is 300 g/mol. The summed E-state index contributed by atoms with van der Waals surface area (Å²) in [6.07, 6.45) is 2.94. The third kappa shape index (κ3) is 3.87. The maximum Gasteiger partial charge on any atom is 0.306 e. The van der Waals surface area contributed by atoms with Crippen LogP contribution in [0.5, 0.6) is 0 Å². The summed E-state index contributed by atoms with van der Waals surface area (Å²) >= 11 is 1.81. The van der Waals surface area contributed by atoms with Crippen LogP contribution in [0, 0.1) is 5.92 Å². The van der Waals surface area contributed by atoms with Gasteiger partial charge in [-0.1, -0.05) is 0 Å². The van der Waals surface area contributed by atoms with Crippen LogP contribution in [0.4, 0.5) is 0 Å². The van der Waals surface area contributed by atoms with Crippen molar-refractivity contribution in [2.75, 3.05) is 25.4 Å². The van der Waals surface area contributed by atoms with Crippen LogP contribution in [0.25, 0.3) is 0 Å². The van der Waals surface area contributed by atoms with Crippen molar-refractivity contribution >= 4 is 27.9 Å². The average Bonchev–Trinajstić information content (AvgIpc) is 2.84. The molecule has 2 heterocycles. The number of carboxylic acids is 1. The molecule has 0 bridgehead atoms. The number of carbonyl (C=O) groups is 1. The molecule has 0 spiro atoms. The van der Waals surface area contributed by atoms with E-state index in [2.05, 4.69) is 11.6 Å². The van der Waals surface area contributed by atoms with Gasteiger partial charge in [-0.15, -0.1) is 0 Å². The van der Waals surface area contributed by atoms with Crippen LogP contribution in [-0.4, -0.2) is 53.9 Å². The van der Waals surface area contributed by atoms with Crippen LogP contribution in [0.2, 0.25) is 0 Å². The van der Waals surface area contributed by atoms with Crippen LogP contribution in [0.3, 0.4) is 0 Å². The Hall–Kier alpha value is -0.310. The van der Waals surface area contributed by atoms with Gasteiger partial charge in [-0.25, -0.2) is 4.72 Å². The number of rotatable bonds is 5. The van der Waals surface area contributed by atoms with E-state index in [-0.39, 0.29) is 17.8 Å². The van der Waals surface area contributed by atoms with Gasteiger partial charge in [-0.2, -0.15) is 24.5 Å². The van der Waals surface area contributed by atoms with Crippen LogP contribution in [-0.2, 0) is 15.0 Å². The fraction of sp³-hybridized carbons (Fsp3) is 0.917. The monoisotopic (exact) mass is 322 g/mol. The van der Waals surface area contributed by atoms with E-state index in [0.717, 1.165) is 18.6 Å². The fourth-order valence-corrected chi connectivity index (χ4v) is 5.37. The number of aliphatic carboxylic acids is 1. The minimum atomic E-state index is -3.48. The molecule has 20 heavy (non-hydrogen) atoms. The van der Waals surface area contributed by atoms with Crippen molar-refractivity contribution in [1.29, 1.82) is 0 Å². The zero-order valence-corrected chi connectivity index (χ0v) is 13.3. The molecule has 2 rings (SSSR count). The number of piperidine rings is 1. The lowest BCUT2D eigenvalue weighted by Crippen LogP contribution is -2.48. The Bertz CT molecular complexity index is 452. The van der Waals surface area contributed by atoms with E-state index in [4.69, 9.17) is 5.11 Å². The molecule has 2 aliphatic rings. The molecule has 2 saturated heterocycles. The molecule has 0 aromatic rings. The summed E-state index contributed by atoms with van der Waals surface area (Å²) in [4.78, 5) is 10.9. The molecule has 1 unspecified atom stereocenters. The molecule has 0 radical (unpaired) electrons. The minimum Gasteiger partial charge on any atom is -0.481 e. The summed E-state index contributed by atoms with van der Waals surface area (Å²) in [5, 5.41) is 8.92. The molecule has 0 aromatic heterocycles. The summed E-state index contributed by atoms with van der Waals surface area (Å²) < 4.78 is 28.5. The first-order valence-corrected chi connectivity index (χ1v) is 9.36. The van der Waals surface area contributed by atoms with E-state index < -0.39 is 22.1 Å². The highest BCUT2D eigenvalue weighted by Crippen LogP contribution is 2.37. The lowest BCUT2D eigenvalue weighted by molar-refractivity contribution is -0.142. The van der Waals surface area contributed by atoms with Crippen molar-refractivity contribution in [3.8, 4) is 0 Å². The lowest BCUT2D eigenvalue weighted by atomic mass is 9.99. The van der Waals surface area contributed by atoms with Crippen molar-refractivity contribution in [2.45, 2.75) is 37.4 Å². The molecule has 0 amide bonds. The summed E-state index contributed by atoms with van der Waals surface area (Å²) in [5.74, 6) is -0.156. The van der Waals surface area contributed by atoms with Crippen LogP contribution in [0.15, 0.2) is 0 Å². The van der Waals surface area contributed by atoms with Gasteiger partial charge < -0.3 is 5.11 Å². The zero-order chi connectivity index (χ0) is 14.8. The standard InChI is InChI=1S/C12H22N2O4S2/c1-12(5-2-8-19-12)9-13-20(17,18)14-6-3-10(4-7-14)11(15)16/h10,13H,2-9H2,1H3,(H,15,16). The number of carboxylic acid groups (broad SMARTS) is 1. The second kappa shape index (κ2) is 6.21. The van der Waals surface area contributed by atoms with Gasteiger partial charge in [0.1, 0.15) is 0 Å². The number of nitrogens with zero attached hydrogens (tertiary/aromatic N) is 1. The van der Waals surface area contributed by atoms with Crippen molar-refractivity contribution in [2.24, 2.45) is 5.92 Å². The van der Waals surface area contributed by atoms with Gasteiger partial charge in [0.2, 0.25) is 0 Å². The first kappa shape index (κ1) is 16.1. The van der Waals surface area contributed by atoms with E-state index in [1.54, 1.807) is 0 Å². The Kier molecular flexibility index (Phi) is 4.99. The van der Waals surface area contributed by atoms with Gasteiger partial charge in [0, 0.05) is 24.4 Å². The molecule has 116 valence electrons. The smallest absolute Gasteiger partial charge is 0.306 e. The van der Waals surface area contributed by atoms with E-state index >= 15 is 0 Å². The number of hydrogen-bond donors (Lipinski definition) is 2. The van der Waals surface area contributed by atoms with Crippen molar-refractivity contribution in [3.63, 3.8) is 0 Å². The zero-order valence-electron chi connectivity index (χ0n) is 11.7. The molecule has 0 aromatic carbocycles. The number of hydrogen-bond acceptors (Lipinski definition) is 4. The van der Waals surface area contributed by atoms with E-state index in [0.29, 0.717) is 19.4 Å². The Labute approximate surface area is 124 Å². The first-order chi connectivity index (χ1) is 9.32. The second-order valence-electron chi connectivity index (χ2n) is 5.74. The highest BCUT2D eigenvalue weighted by molar-refractivity contribution is 8.00. The van der Waals surface area contributed by atoms with Gasteiger partial charge >= 0.3 is 5.97 Å². The van der Waals surface area contributed by atoms with E-state index in [1.165, 1.54) is 4.31 Å². The predicted octanol–water partition coefficient (Wildman–Crippen LogP) is 0.903. The Morgan fingerprint density at radius 1 is 1.45 bits per heavy atom. The molecule has 2 fully saturated rings. The van der Waals surface area contributed by atoms with Gasteiger partial charge in [-0.3, -0.25) is 4.79 Å². The molecule has 2 aliphatic heterocycles. The Morgan fingerprint density at radius 2 is 2.10 bits per heavy atom. The maximum atomic E-state index is 12.2. The highest BCUT2D eigenvalue weighted by Gasteiger charge is 2.34. The van der Waals surface area contributed by atoms with Crippen molar-refractivity contribution in [3.05, 3.63) is 0 Å². The van der Waals surface area contributed by atoms with Crippen molar-refractivity contribution in [1.82, 2.24) is 9.03 Å².